The quantitative estimate of drug-likeness (QED) is 0.435. The molecule has 0 bridgehead atoms. The van der Waals surface area contributed by atoms with Gasteiger partial charge in [-0.3, -0.25) is 0 Å². The summed E-state index contributed by atoms with van der Waals surface area (Å²) in [6.07, 6.45) is 0. The molecular formula is C11H17ClSSi. The standard InChI is InChI=1S/C11H17ClSSi/c1-11(2,13-14-9-8-12)10-6-4-3-5-7-10/h3-7H,8-9,14H2,1-2H3. The molecule has 0 nitrogen and oxygen atoms in total. The summed E-state index contributed by atoms with van der Waals surface area (Å²) in [5.41, 5.74) is 1.42. The van der Waals surface area contributed by atoms with E-state index in [4.69, 9.17) is 11.6 Å². The van der Waals surface area contributed by atoms with Crippen LogP contribution in [-0.4, -0.2) is 14.5 Å². The van der Waals surface area contributed by atoms with Crippen molar-refractivity contribution in [1.29, 1.82) is 0 Å². The first kappa shape index (κ1) is 12.1. The lowest BCUT2D eigenvalue weighted by molar-refractivity contribution is 0.789. The van der Waals surface area contributed by atoms with Gasteiger partial charge in [-0.15, -0.1) is 11.6 Å². The molecule has 14 heavy (non-hydrogen) atoms. The van der Waals surface area contributed by atoms with Crippen LogP contribution in [0.3, 0.4) is 0 Å². The Labute approximate surface area is 97.9 Å². The second-order valence-corrected chi connectivity index (χ2v) is 8.66. The molecular weight excluding hydrogens is 228 g/mol. The summed E-state index contributed by atoms with van der Waals surface area (Å²) in [4.78, 5) is 0. The molecule has 0 heterocycles. The number of rotatable bonds is 5. The first-order chi connectivity index (χ1) is 6.67. The van der Waals surface area contributed by atoms with Crippen LogP contribution in [0.5, 0.6) is 0 Å². The highest BCUT2D eigenvalue weighted by atomic mass is 35.5. The van der Waals surface area contributed by atoms with Gasteiger partial charge in [0.15, 0.2) is 0 Å². The van der Waals surface area contributed by atoms with Gasteiger partial charge in [0, 0.05) is 10.6 Å². The fourth-order valence-corrected chi connectivity index (χ4v) is 6.14. The molecule has 0 N–H and O–H groups in total. The van der Waals surface area contributed by atoms with E-state index in [9.17, 15) is 0 Å². The van der Waals surface area contributed by atoms with Gasteiger partial charge in [0.2, 0.25) is 0 Å². The highest BCUT2D eigenvalue weighted by molar-refractivity contribution is 8.23. The molecule has 78 valence electrons. The SMILES string of the molecule is CC(C)(S[SiH2]CCCl)c1ccccc1. The zero-order chi connectivity index (χ0) is 10.4. The Morgan fingerprint density at radius 1 is 1.29 bits per heavy atom. The van der Waals surface area contributed by atoms with E-state index < -0.39 is 0 Å². The highest BCUT2D eigenvalue weighted by Gasteiger charge is 2.19. The molecule has 1 aromatic carbocycles. The van der Waals surface area contributed by atoms with Crippen molar-refractivity contribution in [3.8, 4) is 0 Å². The van der Waals surface area contributed by atoms with Crippen molar-refractivity contribution < 1.29 is 0 Å². The second-order valence-electron chi connectivity index (χ2n) is 3.77. The molecule has 0 atom stereocenters. The van der Waals surface area contributed by atoms with Gasteiger partial charge in [0.25, 0.3) is 0 Å². The van der Waals surface area contributed by atoms with Crippen LogP contribution in [0, 0.1) is 0 Å². The number of alkyl halides is 1. The first-order valence-electron chi connectivity index (χ1n) is 4.92. The molecule has 0 unspecified atom stereocenters. The minimum absolute atomic E-state index is 0.0520. The molecule has 0 radical (unpaired) electrons. The summed E-state index contributed by atoms with van der Waals surface area (Å²) < 4.78 is 0.263. The Balaban J connectivity index is 2.56. The third-order valence-electron chi connectivity index (χ3n) is 2.21. The lowest BCUT2D eigenvalue weighted by Gasteiger charge is -2.24. The van der Waals surface area contributed by atoms with Crippen molar-refractivity contribution in [2.75, 3.05) is 5.88 Å². The first-order valence-corrected chi connectivity index (χ1v) is 9.17. The predicted molar refractivity (Wildman–Crippen MR) is 71.1 cm³/mol. The van der Waals surface area contributed by atoms with Crippen molar-refractivity contribution in [3.63, 3.8) is 0 Å². The van der Waals surface area contributed by atoms with Crippen molar-refractivity contribution in [2.45, 2.75) is 24.6 Å². The fraction of sp³-hybridized carbons (Fsp3) is 0.455. The molecule has 0 spiro atoms. The van der Waals surface area contributed by atoms with E-state index in [1.165, 1.54) is 11.6 Å². The van der Waals surface area contributed by atoms with E-state index in [0.29, 0.717) is 0 Å². The average Bonchev–Trinajstić information content (AvgIpc) is 2.19. The molecule has 0 saturated carbocycles. The van der Waals surface area contributed by atoms with Crippen LogP contribution in [0.4, 0.5) is 0 Å². The van der Waals surface area contributed by atoms with Crippen molar-refractivity contribution >= 4 is 31.5 Å². The van der Waals surface area contributed by atoms with Gasteiger partial charge in [-0.2, -0.15) is 11.2 Å². The molecule has 0 aliphatic carbocycles. The molecule has 0 saturated heterocycles. The highest BCUT2D eigenvalue weighted by Crippen LogP contribution is 2.34. The maximum Gasteiger partial charge on any atom is 0.0877 e. The van der Waals surface area contributed by atoms with Gasteiger partial charge in [-0.25, -0.2) is 0 Å². The summed E-state index contributed by atoms with van der Waals surface area (Å²) in [5.74, 6) is 0.824. The van der Waals surface area contributed by atoms with Crippen molar-refractivity contribution in [1.82, 2.24) is 0 Å². The van der Waals surface area contributed by atoms with Gasteiger partial charge in [-0.1, -0.05) is 30.3 Å². The fourth-order valence-electron chi connectivity index (χ4n) is 1.30. The zero-order valence-corrected chi connectivity index (χ0v) is 11.8. The van der Waals surface area contributed by atoms with Gasteiger partial charge in [0.1, 0.15) is 0 Å². The third-order valence-corrected chi connectivity index (χ3v) is 8.37. The van der Waals surface area contributed by atoms with Crippen LogP contribution < -0.4 is 0 Å². The molecule has 3 heteroatoms. The van der Waals surface area contributed by atoms with E-state index in [2.05, 4.69) is 55.4 Å². The molecule has 0 fully saturated rings. The summed E-state index contributed by atoms with van der Waals surface area (Å²) in [7, 11) is -0.0520. The smallest absolute Gasteiger partial charge is 0.0877 e. The lowest BCUT2D eigenvalue weighted by atomic mass is 10.0. The Hall–Kier alpha value is 0.0769. The van der Waals surface area contributed by atoms with Crippen LogP contribution in [0.15, 0.2) is 30.3 Å². The minimum Gasteiger partial charge on any atom is -0.183 e. The maximum absolute atomic E-state index is 5.70. The van der Waals surface area contributed by atoms with E-state index in [0.717, 1.165) is 5.88 Å². The normalized spacial score (nSPS) is 12.5. The van der Waals surface area contributed by atoms with Crippen LogP contribution in [0.2, 0.25) is 6.04 Å². The number of halogens is 1. The molecule has 0 aliphatic heterocycles. The summed E-state index contributed by atoms with van der Waals surface area (Å²) in [6, 6.07) is 11.9. The minimum atomic E-state index is -0.0520. The lowest BCUT2D eigenvalue weighted by Crippen LogP contribution is -2.13. The van der Waals surface area contributed by atoms with E-state index in [-0.39, 0.29) is 13.4 Å². The van der Waals surface area contributed by atoms with Gasteiger partial charge < -0.3 is 0 Å². The second kappa shape index (κ2) is 5.84. The van der Waals surface area contributed by atoms with E-state index in [1.54, 1.807) is 0 Å². The number of hydrogen-bond donors (Lipinski definition) is 0. The third kappa shape index (κ3) is 3.68. The van der Waals surface area contributed by atoms with Crippen molar-refractivity contribution in [3.05, 3.63) is 35.9 Å². The summed E-state index contributed by atoms with van der Waals surface area (Å²) >= 11 is 7.81. The Kier molecular flexibility index (Phi) is 5.06. The summed E-state index contributed by atoms with van der Waals surface area (Å²) in [5, 5.41) is 0. The number of benzene rings is 1. The largest absolute Gasteiger partial charge is 0.183 e. The Bertz CT molecular complexity index is 261. The van der Waals surface area contributed by atoms with Crippen molar-refractivity contribution in [2.24, 2.45) is 0 Å². The van der Waals surface area contributed by atoms with Gasteiger partial charge in [-0.05, 0) is 25.5 Å². The monoisotopic (exact) mass is 244 g/mol. The molecule has 0 amide bonds. The Morgan fingerprint density at radius 3 is 2.50 bits per heavy atom. The average molecular weight is 245 g/mol. The maximum atomic E-state index is 5.70. The summed E-state index contributed by atoms with van der Waals surface area (Å²) in [6.45, 7) is 4.60. The van der Waals surface area contributed by atoms with Crippen LogP contribution in [0.25, 0.3) is 0 Å². The van der Waals surface area contributed by atoms with Crippen LogP contribution >= 0.6 is 22.8 Å². The molecule has 1 aromatic rings. The van der Waals surface area contributed by atoms with E-state index in [1.807, 2.05) is 0 Å². The predicted octanol–water partition coefficient (Wildman–Crippen LogP) is 3.40. The van der Waals surface area contributed by atoms with Gasteiger partial charge in [0.05, 0.1) is 8.67 Å². The van der Waals surface area contributed by atoms with Crippen LogP contribution in [-0.2, 0) is 4.75 Å². The molecule has 0 aliphatic rings. The molecule has 1 rings (SSSR count). The van der Waals surface area contributed by atoms with Gasteiger partial charge >= 0.3 is 0 Å². The molecule has 0 aromatic heterocycles. The van der Waals surface area contributed by atoms with Crippen LogP contribution in [0.1, 0.15) is 19.4 Å². The number of hydrogen-bond acceptors (Lipinski definition) is 1. The topological polar surface area (TPSA) is 0 Å². The Morgan fingerprint density at radius 2 is 1.93 bits per heavy atom. The zero-order valence-electron chi connectivity index (χ0n) is 8.79. The van der Waals surface area contributed by atoms with E-state index >= 15 is 0 Å².